The van der Waals surface area contributed by atoms with Crippen molar-refractivity contribution in [2.45, 2.75) is 31.2 Å². The Hall–Kier alpha value is -3.00. The molecule has 33 heavy (non-hydrogen) atoms. The number of carbonyl (C=O) groups excluding carboxylic acids is 2. The third kappa shape index (κ3) is 6.07. The van der Waals surface area contributed by atoms with Crippen molar-refractivity contribution >= 4 is 29.7 Å². The van der Waals surface area contributed by atoms with Crippen molar-refractivity contribution in [1.82, 2.24) is 10.6 Å². The summed E-state index contributed by atoms with van der Waals surface area (Å²) in [5.74, 6) is 0.0306. The van der Waals surface area contributed by atoms with Crippen LogP contribution in [-0.2, 0) is 14.3 Å². The summed E-state index contributed by atoms with van der Waals surface area (Å²) in [6.07, 6.45) is 1.42. The van der Waals surface area contributed by atoms with Crippen LogP contribution in [0.2, 0.25) is 0 Å². The number of carboxylic acids is 1. The van der Waals surface area contributed by atoms with Gasteiger partial charge < -0.3 is 20.5 Å². The van der Waals surface area contributed by atoms with Crippen molar-refractivity contribution in [3.63, 3.8) is 0 Å². The second-order valence-electron chi connectivity index (χ2n) is 8.41. The van der Waals surface area contributed by atoms with Crippen LogP contribution in [0.15, 0.2) is 48.5 Å². The molecule has 2 aromatic carbocycles. The van der Waals surface area contributed by atoms with Crippen molar-refractivity contribution in [3.05, 3.63) is 59.7 Å². The number of benzene rings is 2. The molecule has 7 nitrogen and oxygen atoms in total. The molecule has 0 radical (unpaired) electrons. The molecule has 0 spiro atoms. The Morgan fingerprint density at radius 3 is 2.27 bits per heavy atom. The van der Waals surface area contributed by atoms with Gasteiger partial charge in [0.2, 0.25) is 5.91 Å². The summed E-state index contributed by atoms with van der Waals surface area (Å²) >= 11 is 1.39. The molecular weight excluding hydrogens is 440 g/mol. The van der Waals surface area contributed by atoms with E-state index in [9.17, 15) is 14.4 Å². The van der Waals surface area contributed by atoms with Gasteiger partial charge in [0.05, 0.1) is 12.2 Å². The topological polar surface area (TPSA) is 105 Å². The van der Waals surface area contributed by atoms with Crippen molar-refractivity contribution in [2.24, 2.45) is 5.92 Å². The number of aliphatic carboxylic acids is 1. The highest BCUT2D eigenvalue weighted by atomic mass is 32.2. The second kappa shape index (κ2) is 10.7. The molecule has 2 aliphatic carbocycles. The Morgan fingerprint density at radius 1 is 1.03 bits per heavy atom. The van der Waals surface area contributed by atoms with E-state index in [4.69, 9.17) is 9.84 Å². The van der Waals surface area contributed by atoms with E-state index in [-0.39, 0.29) is 42.6 Å². The van der Waals surface area contributed by atoms with Gasteiger partial charge in [-0.3, -0.25) is 9.59 Å². The Morgan fingerprint density at radius 2 is 1.67 bits per heavy atom. The van der Waals surface area contributed by atoms with Gasteiger partial charge in [0, 0.05) is 24.3 Å². The van der Waals surface area contributed by atoms with Gasteiger partial charge in [0.1, 0.15) is 6.61 Å². The first-order valence-corrected chi connectivity index (χ1v) is 12.4. The minimum Gasteiger partial charge on any atom is -0.481 e. The standard InChI is InChI=1S/C25H28N2O5S/c28-23(27-22(13-24(29)30)16-9-10-16)15-33-12-11-26-25(31)32-14-21-19-7-3-1-5-17(19)18-6-2-4-8-20(18)21/h1-8,16,21-22H,9-15H2,(H,26,31)(H,27,28)(H,29,30). The number of carboxylic acid groups (broad SMARTS) is 1. The average Bonchev–Trinajstić information content (AvgIpc) is 3.60. The van der Waals surface area contributed by atoms with E-state index in [2.05, 4.69) is 34.9 Å². The molecule has 1 atom stereocenters. The van der Waals surface area contributed by atoms with Crippen molar-refractivity contribution in [3.8, 4) is 11.1 Å². The Kier molecular flexibility index (Phi) is 7.54. The number of nitrogens with one attached hydrogen (secondary N) is 2. The quantitative estimate of drug-likeness (QED) is 0.435. The van der Waals surface area contributed by atoms with Gasteiger partial charge in [0.15, 0.2) is 0 Å². The average molecular weight is 469 g/mol. The van der Waals surface area contributed by atoms with Crippen LogP contribution in [-0.4, -0.2) is 53.8 Å². The molecule has 0 aliphatic heterocycles. The smallest absolute Gasteiger partial charge is 0.407 e. The molecule has 2 aliphatic rings. The van der Waals surface area contributed by atoms with Crippen molar-refractivity contribution in [1.29, 1.82) is 0 Å². The molecule has 2 amide bonds. The maximum atomic E-state index is 12.2. The predicted molar refractivity (Wildman–Crippen MR) is 127 cm³/mol. The van der Waals surface area contributed by atoms with Gasteiger partial charge in [-0.2, -0.15) is 11.8 Å². The van der Waals surface area contributed by atoms with Gasteiger partial charge in [-0.15, -0.1) is 0 Å². The van der Waals surface area contributed by atoms with Gasteiger partial charge in [-0.25, -0.2) is 4.79 Å². The Balaban J connectivity index is 1.15. The molecule has 0 bridgehead atoms. The summed E-state index contributed by atoms with van der Waals surface area (Å²) in [6.45, 7) is 0.650. The number of alkyl carbamates (subject to hydrolysis) is 1. The number of hydrogen-bond donors (Lipinski definition) is 3. The molecule has 2 aromatic rings. The zero-order chi connectivity index (χ0) is 23.2. The van der Waals surface area contributed by atoms with Gasteiger partial charge in [0.25, 0.3) is 0 Å². The van der Waals surface area contributed by atoms with Crippen LogP contribution in [0.5, 0.6) is 0 Å². The molecule has 8 heteroatoms. The largest absolute Gasteiger partial charge is 0.481 e. The third-order valence-electron chi connectivity index (χ3n) is 6.02. The number of ether oxygens (including phenoxy) is 1. The van der Waals surface area contributed by atoms with Crippen LogP contribution >= 0.6 is 11.8 Å². The number of hydrogen-bond acceptors (Lipinski definition) is 5. The first-order valence-electron chi connectivity index (χ1n) is 11.2. The predicted octanol–water partition coefficient (Wildman–Crippen LogP) is 3.63. The van der Waals surface area contributed by atoms with E-state index < -0.39 is 12.1 Å². The van der Waals surface area contributed by atoms with Crippen LogP contribution in [0.3, 0.4) is 0 Å². The van der Waals surface area contributed by atoms with E-state index in [0.717, 1.165) is 12.8 Å². The summed E-state index contributed by atoms with van der Waals surface area (Å²) in [5, 5.41) is 14.5. The minimum atomic E-state index is -0.896. The lowest BCUT2D eigenvalue weighted by atomic mass is 9.98. The molecule has 0 saturated heterocycles. The van der Waals surface area contributed by atoms with Gasteiger partial charge in [-0.05, 0) is 41.0 Å². The van der Waals surface area contributed by atoms with Crippen LogP contribution in [0.4, 0.5) is 4.79 Å². The fraction of sp³-hybridized carbons (Fsp3) is 0.400. The highest BCUT2D eigenvalue weighted by Gasteiger charge is 2.33. The minimum absolute atomic E-state index is 0.0198. The first kappa shape index (κ1) is 23.2. The third-order valence-corrected chi connectivity index (χ3v) is 6.98. The molecular formula is C25H28N2O5S. The van der Waals surface area contributed by atoms with Crippen LogP contribution in [0, 0.1) is 5.92 Å². The molecule has 3 N–H and O–H groups in total. The molecule has 0 aromatic heterocycles. The lowest BCUT2D eigenvalue weighted by Gasteiger charge is -2.16. The number of amides is 2. The molecule has 4 rings (SSSR count). The van der Waals surface area contributed by atoms with E-state index in [1.54, 1.807) is 0 Å². The summed E-state index contributed by atoms with van der Waals surface area (Å²) in [7, 11) is 0. The van der Waals surface area contributed by atoms with Gasteiger partial charge >= 0.3 is 12.1 Å². The van der Waals surface area contributed by atoms with Crippen molar-refractivity contribution < 1.29 is 24.2 Å². The lowest BCUT2D eigenvalue weighted by molar-refractivity contribution is -0.137. The maximum Gasteiger partial charge on any atom is 0.407 e. The normalized spacial score (nSPS) is 15.3. The van der Waals surface area contributed by atoms with Crippen LogP contribution in [0.1, 0.15) is 36.3 Å². The number of thioether (sulfide) groups is 1. The molecule has 0 heterocycles. The second-order valence-corrected chi connectivity index (χ2v) is 9.52. The van der Waals surface area contributed by atoms with Crippen molar-refractivity contribution in [2.75, 3.05) is 24.7 Å². The zero-order valence-corrected chi connectivity index (χ0v) is 19.1. The number of fused-ring (bicyclic) bond motifs is 3. The fourth-order valence-electron chi connectivity index (χ4n) is 4.31. The van der Waals surface area contributed by atoms with E-state index in [1.807, 2.05) is 24.3 Å². The van der Waals surface area contributed by atoms with E-state index in [0.29, 0.717) is 12.3 Å². The highest BCUT2D eigenvalue weighted by molar-refractivity contribution is 7.99. The molecule has 1 fully saturated rings. The van der Waals surface area contributed by atoms with E-state index >= 15 is 0 Å². The molecule has 174 valence electrons. The first-order chi connectivity index (χ1) is 16.0. The zero-order valence-electron chi connectivity index (χ0n) is 18.3. The van der Waals surface area contributed by atoms with Crippen LogP contribution in [0.25, 0.3) is 11.1 Å². The van der Waals surface area contributed by atoms with Gasteiger partial charge in [-0.1, -0.05) is 48.5 Å². The van der Waals surface area contributed by atoms with Crippen LogP contribution < -0.4 is 10.6 Å². The summed E-state index contributed by atoms with van der Waals surface area (Å²) < 4.78 is 5.50. The fourth-order valence-corrected chi connectivity index (χ4v) is 4.97. The molecule has 1 saturated carbocycles. The van der Waals surface area contributed by atoms with E-state index in [1.165, 1.54) is 34.0 Å². The summed E-state index contributed by atoms with van der Waals surface area (Å²) in [6, 6.07) is 16.1. The number of carbonyl (C=O) groups is 3. The molecule has 1 unspecified atom stereocenters. The highest BCUT2D eigenvalue weighted by Crippen LogP contribution is 2.44. The SMILES string of the molecule is O=C(O)CC(NC(=O)CSCCNC(=O)OCC1c2ccccc2-c2ccccc21)C1CC1. The summed E-state index contributed by atoms with van der Waals surface area (Å²) in [5.41, 5.74) is 4.70. The Bertz CT molecular complexity index is 978. The lowest BCUT2D eigenvalue weighted by Crippen LogP contribution is -2.39. The summed E-state index contributed by atoms with van der Waals surface area (Å²) in [4.78, 5) is 35.2. The maximum absolute atomic E-state index is 12.2. The Labute approximate surface area is 197 Å². The monoisotopic (exact) mass is 468 g/mol. The number of rotatable bonds is 11.